The Morgan fingerprint density at radius 3 is 1.90 bits per heavy atom. The molecule has 0 unspecified atom stereocenters. The van der Waals surface area contributed by atoms with E-state index < -0.39 is 0 Å². The largest absolute Gasteiger partial charge is 0.508 e. The van der Waals surface area contributed by atoms with Gasteiger partial charge < -0.3 is 5.11 Å². The Morgan fingerprint density at radius 2 is 1.33 bits per heavy atom. The zero-order chi connectivity index (χ0) is 15.5. The first-order valence-electron chi connectivity index (χ1n) is 9.07. The molecule has 0 amide bonds. The van der Waals surface area contributed by atoms with Crippen LogP contribution in [0.4, 0.5) is 0 Å². The van der Waals surface area contributed by atoms with Gasteiger partial charge in [-0.3, -0.25) is 0 Å². The fourth-order valence-corrected chi connectivity index (χ4v) is 3.14. The summed E-state index contributed by atoms with van der Waals surface area (Å²) >= 11 is 0. The van der Waals surface area contributed by atoms with Gasteiger partial charge in [-0.25, -0.2) is 0 Å². The number of aromatic hydroxyl groups is 1. The molecule has 1 nitrogen and oxygen atoms in total. The standard InChI is InChI=1S/C20H34O/c1-4-7-9-11-13-17-15-16-20(21)18(6-3)19(17)14-12-10-8-5-2/h15-16,21H,4-14H2,1-3H3. The number of phenols is 1. The Bertz CT molecular complexity index is 395. The zero-order valence-corrected chi connectivity index (χ0v) is 14.4. The Balaban J connectivity index is 2.74. The molecule has 0 fully saturated rings. The molecule has 0 radical (unpaired) electrons. The van der Waals surface area contributed by atoms with E-state index >= 15 is 0 Å². The zero-order valence-electron chi connectivity index (χ0n) is 14.4. The summed E-state index contributed by atoms with van der Waals surface area (Å²) in [4.78, 5) is 0. The smallest absolute Gasteiger partial charge is 0.119 e. The Kier molecular flexibility index (Phi) is 9.21. The summed E-state index contributed by atoms with van der Waals surface area (Å²) in [5, 5.41) is 10.1. The van der Waals surface area contributed by atoms with Crippen LogP contribution in [0.5, 0.6) is 5.75 Å². The molecule has 21 heavy (non-hydrogen) atoms. The number of rotatable bonds is 11. The molecular formula is C20H34O. The van der Waals surface area contributed by atoms with Gasteiger partial charge in [0.15, 0.2) is 0 Å². The van der Waals surface area contributed by atoms with Crippen molar-refractivity contribution in [3.05, 3.63) is 28.8 Å². The molecule has 1 aromatic carbocycles. The van der Waals surface area contributed by atoms with Crippen LogP contribution in [0.25, 0.3) is 0 Å². The van der Waals surface area contributed by atoms with E-state index in [9.17, 15) is 5.11 Å². The highest BCUT2D eigenvalue weighted by molar-refractivity contribution is 5.44. The molecule has 0 aliphatic carbocycles. The van der Waals surface area contributed by atoms with Crippen LogP contribution < -0.4 is 0 Å². The van der Waals surface area contributed by atoms with Gasteiger partial charge in [0, 0.05) is 0 Å². The van der Waals surface area contributed by atoms with Gasteiger partial charge in [0.2, 0.25) is 0 Å². The van der Waals surface area contributed by atoms with Gasteiger partial charge in [-0.05, 0) is 54.9 Å². The summed E-state index contributed by atoms with van der Waals surface area (Å²) in [6, 6.07) is 4.07. The van der Waals surface area contributed by atoms with Crippen molar-refractivity contribution >= 4 is 0 Å². The van der Waals surface area contributed by atoms with Crippen LogP contribution in [-0.4, -0.2) is 5.11 Å². The molecule has 1 heteroatoms. The molecule has 0 heterocycles. The van der Waals surface area contributed by atoms with Gasteiger partial charge in [-0.1, -0.05) is 65.4 Å². The summed E-state index contributed by atoms with van der Waals surface area (Å²) in [5.41, 5.74) is 4.13. The van der Waals surface area contributed by atoms with Crippen molar-refractivity contribution in [2.75, 3.05) is 0 Å². The monoisotopic (exact) mass is 290 g/mol. The Hall–Kier alpha value is -0.980. The molecule has 1 N–H and O–H groups in total. The van der Waals surface area contributed by atoms with E-state index in [1.54, 1.807) is 0 Å². The second kappa shape index (κ2) is 10.7. The maximum absolute atomic E-state index is 10.1. The summed E-state index contributed by atoms with van der Waals surface area (Å²) in [5.74, 6) is 0.500. The fourth-order valence-electron chi connectivity index (χ4n) is 3.14. The summed E-state index contributed by atoms with van der Waals surface area (Å²) in [6.07, 6.45) is 13.7. The fraction of sp³-hybridized carbons (Fsp3) is 0.700. The van der Waals surface area contributed by atoms with Crippen LogP contribution in [0.3, 0.4) is 0 Å². The number of phenolic OH excluding ortho intramolecular Hbond substituents is 1. The van der Waals surface area contributed by atoms with E-state index in [1.165, 1.54) is 74.5 Å². The van der Waals surface area contributed by atoms with Crippen molar-refractivity contribution in [2.45, 2.75) is 91.4 Å². The molecular weight excluding hydrogens is 256 g/mol. The van der Waals surface area contributed by atoms with Crippen LogP contribution in [-0.2, 0) is 19.3 Å². The highest BCUT2D eigenvalue weighted by Crippen LogP contribution is 2.28. The highest BCUT2D eigenvalue weighted by atomic mass is 16.3. The molecule has 1 aromatic rings. The first-order chi connectivity index (χ1) is 10.2. The van der Waals surface area contributed by atoms with Gasteiger partial charge in [0.25, 0.3) is 0 Å². The van der Waals surface area contributed by atoms with Gasteiger partial charge in [0.1, 0.15) is 5.75 Å². The lowest BCUT2D eigenvalue weighted by Gasteiger charge is -2.16. The minimum atomic E-state index is 0.500. The normalized spacial score (nSPS) is 11.0. The van der Waals surface area contributed by atoms with Crippen LogP contribution >= 0.6 is 0 Å². The van der Waals surface area contributed by atoms with E-state index in [4.69, 9.17) is 0 Å². The maximum Gasteiger partial charge on any atom is 0.119 e. The first kappa shape index (κ1) is 18.1. The van der Waals surface area contributed by atoms with E-state index in [-0.39, 0.29) is 0 Å². The number of benzene rings is 1. The average Bonchev–Trinajstić information content (AvgIpc) is 2.49. The summed E-state index contributed by atoms with van der Waals surface area (Å²) in [7, 11) is 0. The second-order valence-corrected chi connectivity index (χ2v) is 6.18. The van der Waals surface area contributed by atoms with Gasteiger partial charge in [-0.2, -0.15) is 0 Å². The lowest BCUT2D eigenvalue weighted by atomic mass is 9.91. The van der Waals surface area contributed by atoms with Crippen molar-refractivity contribution in [1.82, 2.24) is 0 Å². The third-order valence-electron chi connectivity index (χ3n) is 4.44. The molecule has 0 aromatic heterocycles. The molecule has 0 saturated heterocycles. The van der Waals surface area contributed by atoms with Crippen LogP contribution in [0.15, 0.2) is 12.1 Å². The lowest BCUT2D eigenvalue weighted by Crippen LogP contribution is -2.01. The van der Waals surface area contributed by atoms with Crippen molar-refractivity contribution in [2.24, 2.45) is 0 Å². The third kappa shape index (κ3) is 6.11. The molecule has 120 valence electrons. The van der Waals surface area contributed by atoms with Crippen molar-refractivity contribution < 1.29 is 5.11 Å². The minimum absolute atomic E-state index is 0.500. The molecule has 1 rings (SSSR count). The van der Waals surface area contributed by atoms with E-state index in [0.29, 0.717) is 5.75 Å². The van der Waals surface area contributed by atoms with E-state index in [2.05, 4.69) is 26.8 Å². The van der Waals surface area contributed by atoms with E-state index in [0.717, 1.165) is 12.8 Å². The van der Waals surface area contributed by atoms with Gasteiger partial charge in [0.05, 0.1) is 0 Å². The van der Waals surface area contributed by atoms with Crippen LogP contribution in [0, 0.1) is 0 Å². The number of hydrogen-bond acceptors (Lipinski definition) is 1. The number of unbranched alkanes of at least 4 members (excludes halogenated alkanes) is 6. The quantitative estimate of drug-likeness (QED) is 0.481. The van der Waals surface area contributed by atoms with Crippen molar-refractivity contribution in [3.8, 4) is 5.75 Å². The number of hydrogen-bond donors (Lipinski definition) is 1. The van der Waals surface area contributed by atoms with Crippen LogP contribution in [0.2, 0.25) is 0 Å². The molecule has 0 bridgehead atoms. The molecule has 0 saturated carbocycles. The summed E-state index contributed by atoms with van der Waals surface area (Å²) in [6.45, 7) is 6.67. The molecule has 0 aliphatic heterocycles. The predicted octanol–water partition coefficient (Wildman–Crippen LogP) is 6.20. The average molecular weight is 290 g/mol. The first-order valence-corrected chi connectivity index (χ1v) is 9.07. The molecule has 0 aliphatic rings. The van der Waals surface area contributed by atoms with Gasteiger partial charge >= 0.3 is 0 Å². The van der Waals surface area contributed by atoms with Crippen LogP contribution in [0.1, 0.15) is 88.8 Å². The number of aryl methyl sites for hydroxylation is 1. The second-order valence-electron chi connectivity index (χ2n) is 6.18. The van der Waals surface area contributed by atoms with Crippen molar-refractivity contribution in [1.29, 1.82) is 0 Å². The Labute approximate surface area is 131 Å². The predicted molar refractivity (Wildman–Crippen MR) is 93.2 cm³/mol. The SMILES string of the molecule is CCCCCCc1ccc(O)c(CC)c1CCCCCC. The minimum Gasteiger partial charge on any atom is -0.508 e. The third-order valence-corrected chi connectivity index (χ3v) is 4.44. The lowest BCUT2D eigenvalue weighted by molar-refractivity contribution is 0.466. The highest BCUT2D eigenvalue weighted by Gasteiger charge is 2.11. The molecule has 0 spiro atoms. The Morgan fingerprint density at radius 1 is 0.714 bits per heavy atom. The topological polar surface area (TPSA) is 20.2 Å². The van der Waals surface area contributed by atoms with Gasteiger partial charge in [-0.15, -0.1) is 0 Å². The molecule has 0 atom stereocenters. The summed E-state index contributed by atoms with van der Waals surface area (Å²) < 4.78 is 0. The maximum atomic E-state index is 10.1. The van der Waals surface area contributed by atoms with Crippen molar-refractivity contribution in [3.63, 3.8) is 0 Å². The van der Waals surface area contributed by atoms with E-state index in [1.807, 2.05) is 6.07 Å².